The standard InChI is InChI=1S/C14H24N4O2.ClH/c1-9-7-12(5-6-15-9)16-13(19)8-20-14-10(2)17-18(4)11(14)3;/h9,12,15H,5-8H2,1-4H3,(H,16,19);1H. The van der Waals surface area contributed by atoms with Crippen LogP contribution < -0.4 is 15.4 Å². The number of aromatic nitrogens is 2. The first-order valence-electron chi connectivity index (χ1n) is 7.13. The van der Waals surface area contributed by atoms with Crippen LogP contribution in [0.1, 0.15) is 31.2 Å². The van der Waals surface area contributed by atoms with Gasteiger partial charge in [-0.3, -0.25) is 9.48 Å². The fourth-order valence-electron chi connectivity index (χ4n) is 2.63. The van der Waals surface area contributed by atoms with Gasteiger partial charge in [-0.1, -0.05) is 0 Å². The molecule has 2 N–H and O–H groups in total. The fourth-order valence-corrected chi connectivity index (χ4v) is 2.63. The maximum atomic E-state index is 11.9. The van der Waals surface area contributed by atoms with E-state index < -0.39 is 0 Å². The topological polar surface area (TPSA) is 68.2 Å². The molecule has 1 amide bonds. The van der Waals surface area contributed by atoms with Crippen molar-refractivity contribution in [2.75, 3.05) is 13.2 Å². The zero-order valence-electron chi connectivity index (χ0n) is 13.1. The summed E-state index contributed by atoms with van der Waals surface area (Å²) in [5.74, 6) is 0.646. The minimum atomic E-state index is -0.0632. The minimum Gasteiger partial charge on any atom is -0.480 e. The lowest BCUT2D eigenvalue weighted by molar-refractivity contribution is -0.124. The van der Waals surface area contributed by atoms with Gasteiger partial charge in [-0.2, -0.15) is 5.10 Å². The Hall–Kier alpha value is -1.27. The molecule has 1 saturated heterocycles. The van der Waals surface area contributed by atoms with Crippen LogP contribution in [0.3, 0.4) is 0 Å². The van der Waals surface area contributed by atoms with Crippen LogP contribution in [0, 0.1) is 13.8 Å². The van der Waals surface area contributed by atoms with E-state index in [4.69, 9.17) is 4.74 Å². The molecule has 1 aromatic heterocycles. The summed E-state index contributed by atoms with van der Waals surface area (Å²) in [7, 11) is 1.87. The zero-order valence-corrected chi connectivity index (χ0v) is 13.9. The van der Waals surface area contributed by atoms with Crippen molar-refractivity contribution in [2.45, 2.75) is 45.7 Å². The van der Waals surface area contributed by atoms with Gasteiger partial charge in [0.25, 0.3) is 5.91 Å². The molecular weight excluding hydrogens is 292 g/mol. The van der Waals surface area contributed by atoms with Gasteiger partial charge in [0.05, 0.1) is 5.69 Å². The zero-order chi connectivity index (χ0) is 14.7. The summed E-state index contributed by atoms with van der Waals surface area (Å²) in [5, 5.41) is 10.7. The van der Waals surface area contributed by atoms with Crippen LogP contribution in [-0.4, -0.2) is 40.9 Å². The quantitative estimate of drug-likeness (QED) is 0.872. The van der Waals surface area contributed by atoms with Gasteiger partial charge >= 0.3 is 0 Å². The van der Waals surface area contributed by atoms with Crippen molar-refractivity contribution < 1.29 is 9.53 Å². The van der Waals surface area contributed by atoms with Gasteiger partial charge in [-0.25, -0.2) is 0 Å². The van der Waals surface area contributed by atoms with E-state index in [1.165, 1.54) is 0 Å². The first-order valence-corrected chi connectivity index (χ1v) is 7.13. The predicted octanol–water partition coefficient (Wildman–Crippen LogP) is 1.09. The van der Waals surface area contributed by atoms with Crippen molar-refractivity contribution in [3.63, 3.8) is 0 Å². The number of carbonyl (C=O) groups excluding carboxylic acids is 1. The van der Waals surface area contributed by atoms with Crippen LogP contribution in [0.25, 0.3) is 0 Å². The Kier molecular flexibility index (Phi) is 6.48. The molecule has 0 bridgehead atoms. The molecule has 6 nitrogen and oxygen atoms in total. The van der Waals surface area contributed by atoms with Crippen LogP contribution in [0.15, 0.2) is 0 Å². The second-order valence-electron chi connectivity index (χ2n) is 5.56. The lowest BCUT2D eigenvalue weighted by atomic mass is 10.0. The van der Waals surface area contributed by atoms with E-state index in [9.17, 15) is 4.79 Å². The summed E-state index contributed by atoms with van der Waals surface area (Å²) >= 11 is 0. The van der Waals surface area contributed by atoms with E-state index in [-0.39, 0.29) is 31.0 Å². The predicted molar refractivity (Wildman–Crippen MR) is 84.1 cm³/mol. The monoisotopic (exact) mass is 316 g/mol. The number of nitrogens with one attached hydrogen (secondary N) is 2. The molecule has 2 atom stereocenters. The van der Waals surface area contributed by atoms with Crippen LogP contribution in [0.5, 0.6) is 5.75 Å². The molecule has 7 heteroatoms. The smallest absolute Gasteiger partial charge is 0.258 e. The van der Waals surface area contributed by atoms with Crippen molar-refractivity contribution in [1.82, 2.24) is 20.4 Å². The van der Waals surface area contributed by atoms with Crippen molar-refractivity contribution in [3.8, 4) is 5.75 Å². The number of ether oxygens (including phenoxy) is 1. The van der Waals surface area contributed by atoms with E-state index in [1.807, 2.05) is 20.9 Å². The van der Waals surface area contributed by atoms with Gasteiger partial charge in [0, 0.05) is 19.1 Å². The highest BCUT2D eigenvalue weighted by molar-refractivity contribution is 5.85. The van der Waals surface area contributed by atoms with Gasteiger partial charge < -0.3 is 15.4 Å². The number of aryl methyl sites for hydroxylation is 2. The molecule has 0 radical (unpaired) electrons. The number of piperidine rings is 1. The number of rotatable bonds is 4. The maximum Gasteiger partial charge on any atom is 0.258 e. The summed E-state index contributed by atoms with van der Waals surface area (Å²) in [6, 6.07) is 0.705. The molecule has 1 aliphatic heterocycles. The normalized spacial score (nSPS) is 21.5. The van der Waals surface area contributed by atoms with E-state index in [0.29, 0.717) is 11.8 Å². The molecule has 2 unspecified atom stereocenters. The molecule has 0 spiro atoms. The van der Waals surface area contributed by atoms with Crippen LogP contribution in [0.2, 0.25) is 0 Å². The van der Waals surface area contributed by atoms with Gasteiger partial charge in [0.15, 0.2) is 12.4 Å². The third-order valence-electron chi connectivity index (χ3n) is 3.78. The van der Waals surface area contributed by atoms with Crippen LogP contribution in [0.4, 0.5) is 0 Å². The molecule has 21 heavy (non-hydrogen) atoms. The molecule has 1 aromatic rings. The van der Waals surface area contributed by atoms with Crippen LogP contribution in [-0.2, 0) is 11.8 Å². The number of hydrogen-bond acceptors (Lipinski definition) is 4. The lowest BCUT2D eigenvalue weighted by Gasteiger charge is -2.28. The van der Waals surface area contributed by atoms with Crippen molar-refractivity contribution in [2.24, 2.45) is 7.05 Å². The van der Waals surface area contributed by atoms with E-state index in [1.54, 1.807) is 4.68 Å². The van der Waals surface area contributed by atoms with Crippen molar-refractivity contribution in [3.05, 3.63) is 11.4 Å². The highest BCUT2D eigenvalue weighted by atomic mass is 35.5. The second kappa shape index (κ2) is 7.66. The molecular formula is C14H25ClN4O2. The Bertz CT molecular complexity index is 490. The number of carbonyl (C=O) groups is 1. The Morgan fingerprint density at radius 1 is 1.52 bits per heavy atom. The third-order valence-corrected chi connectivity index (χ3v) is 3.78. The highest BCUT2D eigenvalue weighted by Gasteiger charge is 2.20. The fraction of sp³-hybridized carbons (Fsp3) is 0.714. The molecule has 1 fully saturated rings. The summed E-state index contributed by atoms with van der Waals surface area (Å²) in [6.45, 7) is 6.95. The Morgan fingerprint density at radius 2 is 2.24 bits per heavy atom. The Morgan fingerprint density at radius 3 is 2.81 bits per heavy atom. The summed E-state index contributed by atoms with van der Waals surface area (Å²) in [4.78, 5) is 11.9. The lowest BCUT2D eigenvalue weighted by Crippen LogP contribution is -2.47. The third kappa shape index (κ3) is 4.61. The van der Waals surface area contributed by atoms with E-state index >= 15 is 0 Å². The molecule has 0 aliphatic carbocycles. The molecule has 2 rings (SSSR count). The number of hydrogen-bond donors (Lipinski definition) is 2. The highest BCUT2D eigenvalue weighted by Crippen LogP contribution is 2.21. The van der Waals surface area contributed by atoms with Gasteiger partial charge in [0.1, 0.15) is 5.69 Å². The summed E-state index contributed by atoms with van der Waals surface area (Å²) < 4.78 is 7.37. The number of nitrogens with zero attached hydrogens (tertiary/aromatic N) is 2. The average Bonchev–Trinajstić information content (AvgIpc) is 2.61. The van der Waals surface area contributed by atoms with E-state index in [0.717, 1.165) is 30.8 Å². The van der Waals surface area contributed by atoms with Crippen LogP contribution >= 0.6 is 12.4 Å². The maximum absolute atomic E-state index is 11.9. The first kappa shape index (κ1) is 17.8. The molecule has 0 aromatic carbocycles. The first-order chi connectivity index (χ1) is 9.47. The average molecular weight is 317 g/mol. The molecule has 1 aliphatic rings. The molecule has 120 valence electrons. The Balaban J connectivity index is 0.00000220. The van der Waals surface area contributed by atoms with Crippen molar-refractivity contribution >= 4 is 18.3 Å². The van der Waals surface area contributed by atoms with Gasteiger partial charge in [0.2, 0.25) is 0 Å². The van der Waals surface area contributed by atoms with Gasteiger partial charge in [-0.05, 0) is 40.2 Å². The summed E-state index contributed by atoms with van der Waals surface area (Å²) in [5.41, 5.74) is 1.75. The van der Waals surface area contributed by atoms with E-state index in [2.05, 4.69) is 22.7 Å². The SMILES string of the molecule is Cc1nn(C)c(C)c1OCC(=O)NC1CCNC(C)C1.Cl. The molecule has 0 saturated carbocycles. The van der Waals surface area contributed by atoms with Crippen molar-refractivity contribution in [1.29, 1.82) is 0 Å². The largest absolute Gasteiger partial charge is 0.480 e. The number of amides is 1. The number of halogens is 1. The Labute approximate surface area is 132 Å². The summed E-state index contributed by atoms with van der Waals surface area (Å²) in [6.07, 6.45) is 1.94. The minimum absolute atomic E-state index is 0. The molecule has 2 heterocycles. The second-order valence-corrected chi connectivity index (χ2v) is 5.56. The van der Waals surface area contributed by atoms with Gasteiger partial charge in [-0.15, -0.1) is 12.4 Å².